The number of hydrogen-bond acceptors (Lipinski definition) is 7. The van der Waals surface area contributed by atoms with Crippen molar-refractivity contribution in [1.82, 2.24) is 14.7 Å². The molecule has 1 N–H and O–H groups in total. The second kappa shape index (κ2) is 13.9. The van der Waals surface area contributed by atoms with E-state index in [9.17, 15) is 14.3 Å². The zero-order valence-electron chi connectivity index (χ0n) is 22.3. The number of aliphatic hydroxyl groups is 1. The molecule has 0 aromatic heterocycles. The first-order valence-corrected chi connectivity index (χ1v) is 13.5. The highest BCUT2D eigenvalue weighted by Crippen LogP contribution is 2.21. The number of hydrogen-bond donors (Lipinski definition) is 1. The van der Waals surface area contributed by atoms with Gasteiger partial charge in [-0.1, -0.05) is 18.6 Å². The number of β-amino-alcohol motifs (C(OH)–C–C–N with tert-alkyl or cyclic N) is 1. The number of nitrogens with zero attached hydrogens (tertiary/aromatic N) is 3. The zero-order chi connectivity index (χ0) is 26.8. The zero-order valence-corrected chi connectivity index (χ0v) is 22.3. The maximum atomic E-state index is 13.3. The minimum atomic E-state index is -1.31. The second-order valence-electron chi connectivity index (χ2n) is 10.3. The molecule has 0 spiro atoms. The molecule has 2 saturated heterocycles. The Bertz CT molecular complexity index is 1000. The Labute approximate surface area is 224 Å². The quantitative estimate of drug-likeness (QED) is 0.480. The van der Waals surface area contributed by atoms with Crippen LogP contribution in [0.25, 0.3) is 0 Å². The molecule has 0 saturated carbocycles. The number of ether oxygens (including phenoxy) is 3. The summed E-state index contributed by atoms with van der Waals surface area (Å²) in [4.78, 5) is 18.8. The average Bonchev–Trinajstić information content (AvgIpc) is 3.09. The Hall–Kier alpha value is -2.72. The summed E-state index contributed by atoms with van der Waals surface area (Å²) in [6, 6.07) is 13.7. The number of amides is 1. The maximum Gasteiger partial charge on any atom is 0.248 e. The van der Waals surface area contributed by atoms with Crippen molar-refractivity contribution in [2.24, 2.45) is 0 Å². The lowest BCUT2D eigenvalue weighted by Gasteiger charge is -2.33. The third-order valence-electron chi connectivity index (χ3n) is 7.09. The normalized spacial score (nSPS) is 21.2. The first-order valence-electron chi connectivity index (χ1n) is 13.5. The minimum absolute atomic E-state index is 0.0321. The van der Waals surface area contributed by atoms with Gasteiger partial charge in [0.05, 0.1) is 6.54 Å². The lowest BCUT2D eigenvalue weighted by atomic mass is 10.0. The van der Waals surface area contributed by atoms with E-state index in [2.05, 4.69) is 9.80 Å². The summed E-state index contributed by atoms with van der Waals surface area (Å²) in [6.07, 6.45) is 3.88. The molecule has 1 atom stereocenters. The standard InChI is InChI=1S/C29H40FN3O5/c1-36-20-28(34)33-16-15-32(21-29(35,22-33)23-38-27-11-7-25(30)8-12-27)19-24-5-9-26(10-6-24)37-18-17-31-13-3-2-4-14-31/h5-12,35H,2-4,13-23H2,1H3/t29-/m0/s1. The van der Waals surface area contributed by atoms with Gasteiger partial charge in [0.25, 0.3) is 0 Å². The summed E-state index contributed by atoms with van der Waals surface area (Å²) in [6.45, 7) is 5.99. The molecule has 38 heavy (non-hydrogen) atoms. The fourth-order valence-electron chi connectivity index (χ4n) is 5.07. The van der Waals surface area contributed by atoms with Crippen molar-refractivity contribution in [3.8, 4) is 11.5 Å². The molecule has 208 valence electrons. The van der Waals surface area contributed by atoms with E-state index in [4.69, 9.17) is 14.2 Å². The number of carbonyl (C=O) groups is 1. The molecule has 2 aliphatic heterocycles. The Kier molecular flexibility index (Phi) is 10.3. The molecule has 8 nitrogen and oxygen atoms in total. The van der Waals surface area contributed by atoms with Crippen molar-refractivity contribution >= 4 is 5.91 Å². The molecule has 4 rings (SSSR count). The number of rotatable bonds is 11. The van der Waals surface area contributed by atoms with Crippen LogP contribution in [0.1, 0.15) is 24.8 Å². The lowest BCUT2D eigenvalue weighted by Crippen LogP contribution is -2.52. The van der Waals surface area contributed by atoms with Gasteiger partial charge in [0.15, 0.2) is 0 Å². The van der Waals surface area contributed by atoms with Crippen LogP contribution in [0.3, 0.4) is 0 Å². The molecule has 0 bridgehead atoms. The summed E-state index contributed by atoms with van der Waals surface area (Å²) in [7, 11) is 1.48. The summed E-state index contributed by atoms with van der Waals surface area (Å²) >= 11 is 0. The van der Waals surface area contributed by atoms with Crippen LogP contribution in [0.2, 0.25) is 0 Å². The summed E-state index contributed by atoms with van der Waals surface area (Å²) < 4.78 is 30.1. The first-order chi connectivity index (χ1) is 18.4. The van der Waals surface area contributed by atoms with E-state index in [1.165, 1.54) is 50.6 Å². The summed E-state index contributed by atoms with van der Waals surface area (Å²) in [5.41, 5.74) is -0.224. The van der Waals surface area contributed by atoms with Crippen molar-refractivity contribution in [1.29, 1.82) is 0 Å². The molecular weight excluding hydrogens is 489 g/mol. The fraction of sp³-hybridized carbons (Fsp3) is 0.552. The van der Waals surface area contributed by atoms with Gasteiger partial charge in [-0.25, -0.2) is 4.39 Å². The van der Waals surface area contributed by atoms with Crippen LogP contribution in [-0.4, -0.2) is 104 Å². The van der Waals surface area contributed by atoms with Crippen LogP contribution in [0, 0.1) is 5.82 Å². The van der Waals surface area contributed by atoms with E-state index in [1.807, 2.05) is 24.3 Å². The minimum Gasteiger partial charge on any atom is -0.492 e. The van der Waals surface area contributed by atoms with Crippen molar-refractivity contribution in [3.63, 3.8) is 0 Å². The van der Waals surface area contributed by atoms with Crippen LogP contribution >= 0.6 is 0 Å². The second-order valence-corrected chi connectivity index (χ2v) is 10.3. The van der Waals surface area contributed by atoms with Gasteiger partial charge in [0.2, 0.25) is 5.91 Å². The predicted octanol–water partition coefficient (Wildman–Crippen LogP) is 2.79. The maximum absolute atomic E-state index is 13.3. The molecule has 2 heterocycles. The number of piperidine rings is 1. The topological polar surface area (TPSA) is 74.7 Å². The fourth-order valence-corrected chi connectivity index (χ4v) is 5.07. The number of carbonyl (C=O) groups excluding carboxylic acids is 1. The lowest BCUT2D eigenvalue weighted by molar-refractivity contribution is -0.138. The molecule has 9 heteroatoms. The Morgan fingerprint density at radius 2 is 1.58 bits per heavy atom. The Balaban J connectivity index is 1.35. The van der Waals surface area contributed by atoms with Gasteiger partial charge in [-0.05, 0) is 67.9 Å². The van der Waals surface area contributed by atoms with Crippen molar-refractivity contribution in [3.05, 3.63) is 59.9 Å². The molecule has 0 unspecified atom stereocenters. The number of methoxy groups -OCH3 is 1. The van der Waals surface area contributed by atoms with Crippen molar-refractivity contribution < 1.29 is 28.5 Å². The number of benzene rings is 2. The highest BCUT2D eigenvalue weighted by molar-refractivity contribution is 5.77. The van der Waals surface area contributed by atoms with Gasteiger partial charge in [-0.15, -0.1) is 0 Å². The van der Waals surface area contributed by atoms with Crippen LogP contribution < -0.4 is 9.47 Å². The molecule has 0 radical (unpaired) electrons. The van der Waals surface area contributed by atoms with Crippen LogP contribution in [0.15, 0.2) is 48.5 Å². The molecule has 2 aromatic rings. The predicted molar refractivity (Wildman–Crippen MR) is 143 cm³/mol. The SMILES string of the molecule is COCC(=O)N1CCN(Cc2ccc(OCCN3CCCCC3)cc2)C[C@@](O)(COc2ccc(F)cc2)C1. The average molecular weight is 530 g/mol. The first kappa shape index (κ1) is 28.3. The van der Waals surface area contributed by atoms with Gasteiger partial charge in [0, 0.05) is 39.8 Å². The van der Waals surface area contributed by atoms with Crippen molar-refractivity contribution in [2.75, 3.05) is 72.7 Å². The van der Waals surface area contributed by atoms with Gasteiger partial charge in [-0.2, -0.15) is 0 Å². The molecule has 2 fully saturated rings. The summed E-state index contributed by atoms with van der Waals surface area (Å²) in [5, 5.41) is 11.6. The smallest absolute Gasteiger partial charge is 0.248 e. The Morgan fingerprint density at radius 3 is 2.29 bits per heavy atom. The molecule has 1 amide bonds. The van der Waals surface area contributed by atoms with Gasteiger partial charge in [-0.3, -0.25) is 14.6 Å². The Morgan fingerprint density at radius 1 is 0.895 bits per heavy atom. The highest BCUT2D eigenvalue weighted by atomic mass is 19.1. The van der Waals surface area contributed by atoms with Crippen molar-refractivity contribution in [2.45, 2.75) is 31.4 Å². The molecular formula is C29H40FN3O5. The monoisotopic (exact) mass is 529 g/mol. The van der Waals surface area contributed by atoms with Crippen LogP contribution in [-0.2, 0) is 16.1 Å². The third kappa shape index (κ3) is 8.66. The highest BCUT2D eigenvalue weighted by Gasteiger charge is 2.37. The van der Waals surface area contributed by atoms with Gasteiger partial charge < -0.3 is 24.2 Å². The largest absolute Gasteiger partial charge is 0.492 e. The number of halogens is 1. The van der Waals surface area contributed by atoms with Gasteiger partial charge in [0.1, 0.15) is 42.7 Å². The number of likely N-dealkylation sites (tertiary alicyclic amines) is 1. The summed E-state index contributed by atoms with van der Waals surface area (Å²) in [5.74, 6) is 0.774. The van der Waals surface area contributed by atoms with E-state index < -0.39 is 5.60 Å². The van der Waals surface area contributed by atoms with E-state index in [1.54, 1.807) is 4.90 Å². The molecule has 0 aliphatic carbocycles. The van der Waals surface area contributed by atoms with E-state index >= 15 is 0 Å². The van der Waals surface area contributed by atoms with E-state index in [0.29, 0.717) is 38.5 Å². The molecule has 2 aromatic carbocycles. The third-order valence-corrected chi connectivity index (χ3v) is 7.09. The van der Waals surface area contributed by atoms with Gasteiger partial charge >= 0.3 is 0 Å². The van der Waals surface area contributed by atoms with Crippen LogP contribution in [0.4, 0.5) is 4.39 Å². The van der Waals surface area contributed by atoms with E-state index in [-0.39, 0.29) is 31.5 Å². The van der Waals surface area contributed by atoms with E-state index in [0.717, 1.165) is 30.9 Å². The van der Waals surface area contributed by atoms with Crippen LogP contribution in [0.5, 0.6) is 11.5 Å². The molecule has 2 aliphatic rings.